The lowest BCUT2D eigenvalue weighted by Gasteiger charge is -2.35. The van der Waals surface area contributed by atoms with E-state index in [0.29, 0.717) is 89.8 Å². The first kappa shape index (κ1) is 50.6. The number of nitrogens with zero attached hydrogens (tertiary/aromatic N) is 6. The van der Waals surface area contributed by atoms with E-state index in [0.717, 1.165) is 43.4 Å². The maximum absolute atomic E-state index is 13.5. The van der Waals surface area contributed by atoms with Gasteiger partial charge in [-0.05, 0) is 94.1 Å². The Morgan fingerprint density at radius 3 is 1.35 bits per heavy atom. The molecule has 4 aromatic carbocycles. The molecule has 2 N–H and O–H groups in total. The lowest BCUT2D eigenvalue weighted by molar-refractivity contribution is -0.139. The first-order chi connectivity index (χ1) is 33.3. The fourth-order valence-electron chi connectivity index (χ4n) is 8.77. The van der Waals surface area contributed by atoms with Gasteiger partial charge in [-0.15, -0.1) is 0 Å². The van der Waals surface area contributed by atoms with E-state index in [1.807, 2.05) is 70.5 Å². The third-order valence-electron chi connectivity index (χ3n) is 12.4. The number of carboxylic acid groups (broad SMARTS) is 2. The summed E-state index contributed by atoms with van der Waals surface area (Å²) >= 11 is 28.0. The highest BCUT2D eigenvalue weighted by atomic mass is 35.5. The molecule has 8 rings (SSSR count). The number of hydrogen-bond acceptors (Lipinski definition) is 11. The number of carboxylic acids is 2. The maximum atomic E-state index is 13.5. The summed E-state index contributed by atoms with van der Waals surface area (Å²) < 4.78 is 10.9. The average molecular weight is 1040 g/mol. The monoisotopic (exact) mass is 1040 g/mol. The molecule has 0 aromatic heterocycles. The van der Waals surface area contributed by atoms with Gasteiger partial charge in [0.1, 0.15) is 21.1 Å². The molecular formula is C50H52Cl4N6O8S. The molecular weight excluding hydrogens is 986 g/mol. The predicted molar refractivity (Wildman–Crippen MR) is 272 cm³/mol. The van der Waals surface area contributed by atoms with E-state index in [1.165, 1.54) is 9.80 Å². The van der Waals surface area contributed by atoms with Crippen LogP contribution in [0.15, 0.2) is 105 Å². The molecule has 0 bridgehead atoms. The Bertz CT molecular complexity index is 2430. The Balaban J connectivity index is 1.17. The quantitative estimate of drug-likeness (QED) is 0.0728. The molecule has 19 heteroatoms. The fraction of sp³-hybridized carbons (Fsp3) is 0.360. The molecule has 2 unspecified atom stereocenters. The molecule has 4 aliphatic heterocycles. The normalized spacial score (nSPS) is 20.0. The van der Waals surface area contributed by atoms with Crippen LogP contribution in [0.4, 0.5) is 11.4 Å². The van der Waals surface area contributed by atoms with Gasteiger partial charge >= 0.3 is 11.9 Å². The summed E-state index contributed by atoms with van der Waals surface area (Å²) in [5, 5.41) is 18.8. The third kappa shape index (κ3) is 12.9. The van der Waals surface area contributed by atoms with Crippen LogP contribution in [0.25, 0.3) is 34.4 Å². The molecule has 364 valence electrons. The van der Waals surface area contributed by atoms with Crippen LogP contribution in [0, 0.1) is 0 Å². The van der Waals surface area contributed by atoms with Crippen molar-refractivity contribution in [2.24, 2.45) is 0 Å². The van der Waals surface area contributed by atoms with Crippen LogP contribution < -0.4 is 9.80 Å². The Morgan fingerprint density at radius 1 is 0.565 bits per heavy atom. The average Bonchev–Trinajstić information content (AvgIpc) is 3.35. The van der Waals surface area contributed by atoms with Gasteiger partial charge in [0.2, 0.25) is 0 Å². The zero-order valence-corrected chi connectivity index (χ0v) is 41.5. The second-order valence-corrected chi connectivity index (χ2v) is 19.9. The van der Waals surface area contributed by atoms with Crippen molar-refractivity contribution in [3.63, 3.8) is 0 Å². The van der Waals surface area contributed by atoms with Crippen molar-refractivity contribution in [1.29, 1.82) is 0 Å². The van der Waals surface area contributed by atoms with Gasteiger partial charge in [-0.1, -0.05) is 94.6 Å². The van der Waals surface area contributed by atoms with E-state index in [2.05, 4.69) is 34.1 Å². The van der Waals surface area contributed by atoms with Crippen LogP contribution in [-0.2, 0) is 28.7 Å². The highest BCUT2D eigenvalue weighted by Crippen LogP contribution is 2.43. The van der Waals surface area contributed by atoms with Gasteiger partial charge in [0.25, 0.3) is 11.8 Å². The number of piperazine rings is 2. The Morgan fingerprint density at radius 2 is 0.971 bits per heavy atom. The first-order valence-corrected chi connectivity index (χ1v) is 25.1. The summed E-state index contributed by atoms with van der Waals surface area (Å²) in [5.74, 6) is -2.47. The number of amides is 2. The minimum absolute atomic E-state index is 0.000118. The summed E-state index contributed by atoms with van der Waals surface area (Å²) in [6.07, 6.45) is 3.31. The van der Waals surface area contributed by atoms with E-state index >= 15 is 0 Å². The Hall–Kier alpha value is -4.81. The molecule has 0 aliphatic carbocycles. The Labute approximate surface area is 425 Å². The lowest BCUT2D eigenvalue weighted by Crippen LogP contribution is -2.47. The molecule has 69 heavy (non-hydrogen) atoms. The van der Waals surface area contributed by atoms with Crippen LogP contribution in [-0.4, -0.2) is 170 Å². The van der Waals surface area contributed by atoms with Crippen molar-refractivity contribution in [1.82, 2.24) is 19.6 Å². The molecule has 4 heterocycles. The van der Waals surface area contributed by atoms with Crippen LogP contribution >= 0.6 is 58.2 Å². The second kappa shape index (κ2) is 23.4. The van der Waals surface area contributed by atoms with Crippen molar-refractivity contribution >= 4 is 105 Å². The molecule has 4 fully saturated rings. The Kier molecular flexibility index (Phi) is 17.2. The SMILES string of the molecule is O=C(O)CN1CCN(c2cccc(-c3cc(C=C(Cl)C(=O)N4CCOCC4Cl)ccc3Sc3ccc(C=C(Cl)C(=O)N4CCOCC4Cl)cc3-c3cccc(N4CCN(CC(=O)O)CC4)c3)c2)CC1. The number of hydrogen-bond donors (Lipinski definition) is 2. The molecule has 0 saturated carbocycles. The van der Waals surface area contributed by atoms with E-state index in [-0.39, 0.29) is 48.2 Å². The second-order valence-electron chi connectivity index (χ2n) is 17.0. The number of benzene rings is 4. The van der Waals surface area contributed by atoms with Crippen molar-refractivity contribution in [2.75, 3.05) is 115 Å². The zero-order chi connectivity index (χ0) is 48.6. The third-order valence-corrected chi connectivity index (χ3v) is 14.8. The molecule has 0 spiro atoms. The number of rotatable bonds is 14. The minimum Gasteiger partial charge on any atom is -0.480 e. The van der Waals surface area contributed by atoms with Gasteiger partial charge < -0.3 is 39.3 Å². The summed E-state index contributed by atoms with van der Waals surface area (Å²) in [7, 11) is 0. The molecule has 0 radical (unpaired) electrons. The maximum Gasteiger partial charge on any atom is 0.317 e. The van der Waals surface area contributed by atoms with E-state index in [1.54, 1.807) is 23.9 Å². The van der Waals surface area contributed by atoms with Crippen LogP contribution in [0.1, 0.15) is 11.1 Å². The van der Waals surface area contributed by atoms with Gasteiger partial charge in [-0.25, -0.2) is 0 Å². The van der Waals surface area contributed by atoms with Crippen LogP contribution in [0.2, 0.25) is 0 Å². The number of aliphatic carboxylic acids is 2. The van der Waals surface area contributed by atoms with Gasteiger partial charge in [-0.2, -0.15) is 0 Å². The molecule has 4 aliphatic rings. The van der Waals surface area contributed by atoms with E-state index < -0.39 is 22.9 Å². The topological polar surface area (TPSA) is 147 Å². The number of anilines is 2. The number of alkyl halides is 2. The lowest BCUT2D eigenvalue weighted by atomic mass is 10.0. The summed E-state index contributed by atoms with van der Waals surface area (Å²) in [4.78, 5) is 63.1. The van der Waals surface area contributed by atoms with Crippen molar-refractivity contribution < 1.29 is 38.9 Å². The van der Waals surface area contributed by atoms with Gasteiger partial charge in [-0.3, -0.25) is 29.0 Å². The van der Waals surface area contributed by atoms with Gasteiger partial charge in [0.05, 0.1) is 39.5 Å². The molecule has 14 nitrogen and oxygen atoms in total. The van der Waals surface area contributed by atoms with Crippen molar-refractivity contribution in [3.05, 3.63) is 106 Å². The number of carbonyl (C=O) groups excluding carboxylic acids is 2. The molecule has 4 saturated heterocycles. The summed E-state index contributed by atoms with van der Waals surface area (Å²) in [5.41, 5.74) is 5.74. The highest BCUT2D eigenvalue weighted by molar-refractivity contribution is 7.99. The zero-order valence-electron chi connectivity index (χ0n) is 37.7. The number of halogens is 4. The molecule has 2 amide bonds. The highest BCUT2D eigenvalue weighted by Gasteiger charge is 2.29. The van der Waals surface area contributed by atoms with Crippen molar-refractivity contribution in [2.45, 2.75) is 20.8 Å². The number of ether oxygens (including phenoxy) is 2. The fourth-order valence-corrected chi connectivity index (χ4v) is 10.9. The minimum atomic E-state index is -0.846. The summed E-state index contributed by atoms with van der Waals surface area (Å²) in [6, 6.07) is 28.4. The van der Waals surface area contributed by atoms with Gasteiger partial charge in [0.15, 0.2) is 0 Å². The number of carbonyl (C=O) groups is 4. The van der Waals surface area contributed by atoms with E-state index in [9.17, 15) is 29.4 Å². The molecule has 2 atom stereocenters. The van der Waals surface area contributed by atoms with Crippen LogP contribution in [0.3, 0.4) is 0 Å². The van der Waals surface area contributed by atoms with Gasteiger partial charge in [0, 0.05) is 86.6 Å². The van der Waals surface area contributed by atoms with Crippen LogP contribution in [0.5, 0.6) is 0 Å². The smallest absolute Gasteiger partial charge is 0.317 e. The standard InChI is InChI=1S/C50H52Cl4N6O8S/c51-41(49(65)59-19-21-67-31-45(59)53)25-33-7-9-43(39(23-33)35-3-1-5-37(27-35)57-15-11-55(12-16-57)29-47(61)62)69-44-10-8-34(26-42(52)50(66)60-20-22-68-32-46(60)54)24-40(44)36-4-2-6-38(28-36)58-17-13-56(14-18-58)30-48(63)64/h1-10,23-28,45-46H,11-22,29-32H2,(H,61,62)(H,63,64). The van der Waals surface area contributed by atoms with Crippen molar-refractivity contribution in [3.8, 4) is 22.3 Å². The summed E-state index contributed by atoms with van der Waals surface area (Å²) in [6.45, 7) is 6.92. The molecule has 4 aromatic rings. The van der Waals surface area contributed by atoms with E-state index in [4.69, 9.17) is 55.9 Å². The number of morpholine rings is 2. The first-order valence-electron chi connectivity index (χ1n) is 22.6. The largest absolute Gasteiger partial charge is 0.480 e. The predicted octanol–water partition coefficient (Wildman–Crippen LogP) is 7.59.